The molecular formula is C22H21N5O2. The third-order valence-corrected chi connectivity index (χ3v) is 4.83. The maximum atomic E-state index is 12.9. The molecule has 1 saturated heterocycles. The lowest BCUT2D eigenvalue weighted by Gasteiger charge is -2.33. The SMILES string of the molecule is Nc1cncc(-c2ccc(C(=O)N3CC(=O)N[C@@H](Cc4ccccc4)C3)cc2)n1. The number of benzene rings is 2. The Kier molecular flexibility index (Phi) is 5.20. The first-order valence-electron chi connectivity index (χ1n) is 9.39. The topological polar surface area (TPSA) is 101 Å². The van der Waals surface area contributed by atoms with Crippen LogP contribution in [0.5, 0.6) is 0 Å². The van der Waals surface area contributed by atoms with Crippen molar-refractivity contribution in [3.63, 3.8) is 0 Å². The molecule has 2 aromatic carbocycles. The van der Waals surface area contributed by atoms with Crippen LogP contribution in [0.1, 0.15) is 15.9 Å². The third kappa shape index (κ3) is 4.40. The maximum Gasteiger partial charge on any atom is 0.254 e. The molecule has 0 radical (unpaired) electrons. The number of nitrogens with one attached hydrogen (secondary N) is 1. The highest BCUT2D eigenvalue weighted by Crippen LogP contribution is 2.19. The first-order valence-corrected chi connectivity index (χ1v) is 9.39. The second-order valence-electron chi connectivity index (χ2n) is 7.05. The van der Waals surface area contributed by atoms with Crippen LogP contribution in [0.4, 0.5) is 5.82 Å². The van der Waals surface area contributed by atoms with E-state index in [-0.39, 0.29) is 24.4 Å². The molecule has 0 aliphatic carbocycles. The molecule has 0 bridgehead atoms. The summed E-state index contributed by atoms with van der Waals surface area (Å²) in [6.07, 6.45) is 3.79. The van der Waals surface area contributed by atoms with Gasteiger partial charge in [-0.2, -0.15) is 0 Å². The Morgan fingerprint density at radius 3 is 2.59 bits per heavy atom. The van der Waals surface area contributed by atoms with E-state index >= 15 is 0 Å². The van der Waals surface area contributed by atoms with Gasteiger partial charge < -0.3 is 16.0 Å². The van der Waals surface area contributed by atoms with Crippen molar-refractivity contribution in [3.8, 4) is 11.3 Å². The summed E-state index contributed by atoms with van der Waals surface area (Å²) in [5, 5.41) is 2.98. The minimum atomic E-state index is -0.164. The van der Waals surface area contributed by atoms with Gasteiger partial charge >= 0.3 is 0 Å². The average Bonchev–Trinajstić information content (AvgIpc) is 2.74. The zero-order valence-corrected chi connectivity index (χ0v) is 15.8. The number of nitrogen functional groups attached to an aromatic ring is 1. The van der Waals surface area contributed by atoms with E-state index in [2.05, 4.69) is 15.3 Å². The zero-order chi connectivity index (χ0) is 20.2. The Morgan fingerprint density at radius 2 is 1.86 bits per heavy atom. The molecule has 1 atom stereocenters. The highest BCUT2D eigenvalue weighted by Gasteiger charge is 2.28. The van der Waals surface area contributed by atoms with E-state index in [1.807, 2.05) is 42.5 Å². The summed E-state index contributed by atoms with van der Waals surface area (Å²) in [5.41, 5.74) is 8.79. The van der Waals surface area contributed by atoms with Crippen LogP contribution >= 0.6 is 0 Å². The maximum absolute atomic E-state index is 12.9. The Morgan fingerprint density at radius 1 is 1.10 bits per heavy atom. The minimum Gasteiger partial charge on any atom is -0.382 e. The number of hydrogen-bond donors (Lipinski definition) is 2. The van der Waals surface area contributed by atoms with Gasteiger partial charge in [0, 0.05) is 17.7 Å². The summed E-state index contributed by atoms with van der Waals surface area (Å²) in [6.45, 7) is 0.536. The molecule has 1 aliphatic heterocycles. The fourth-order valence-electron chi connectivity index (χ4n) is 3.48. The highest BCUT2D eigenvalue weighted by molar-refractivity contribution is 5.97. The van der Waals surface area contributed by atoms with Crippen LogP contribution in [0.25, 0.3) is 11.3 Å². The average molecular weight is 387 g/mol. The number of aromatic nitrogens is 2. The summed E-state index contributed by atoms with van der Waals surface area (Å²) in [5.74, 6) is 0.0340. The molecule has 7 heteroatoms. The van der Waals surface area contributed by atoms with Crippen LogP contribution in [0.3, 0.4) is 0 Å². The van der Waals surface area contributed by atoms with E-state index in [4.69, 9.17) is 5.73 Å². The largest absolute Gasteiger partial charge is 0.382 e. The molecule has 4 rings (SSSR count). The van der Waals surface area contributed by atoms with Crippen molar-refractivity contribution in [1.29, 1.82) is 0 Å². The first kappa shape index (κ1) is 18.6. The van der Waals surface area contributed by atoms with Crippen molar-refractivity contribution >= 4 is 17.6 Å². The summed E-state index contributed by atoms with van der Waals surface area (Å²) < 4.78 is 0. The fourth-order valence-corrected chi connectivity index (χ4v) is 3.48. The molecule has 146 valence electrons. The van der Waals surface area contributed by atoms with Crippen LogP contribution in [-0.4, -0.2) is 45.8 Å². The van der Waals surface area contributed by atoms with Gasteiger partial charge in [-0.3, -0.25) is 14.6 Å². The third-order valence-electron chi connectivity index (χ3n) is 4.83. The summed E-state index contributed by atoms with van der Waals surface area (Å²) >= 11 is 0. The number of nitrogens with two attached hydrogens (primary N) is 1. The van der Waals surface area contributed by atoms with Crippen LogP contribution in [0.2, 0.25) is 0 Å². The first-order chi connectivity index (χ1) is 14.1. The molecule has 2 heterocycles. The Labute approximate surface area is 168 Å². The second kappa shape index (κ2) is 8.10. The van der Waals surface area contributed by atoms with Crippen molar-refractivity contribution < 1.29 is 9.59 Å². The van der Waals surface area contributed by atoms with Crippen LogP contribution in [0.15, 0.2) is 67.0 Å². The summed E-state index contributed by atoms with van der Waals surface area (Å²) in [4.78, 5) is 35.0. The van der Waals surface area contributed by atoms with Gasteiger partial charge in [-0.25, -0.2) is 4.98 Å². The molecule has 0 saturated carbocycles. The van der Waals surface area contributed by atoms with Gasteiger partial charge in [0.05, 0.1) is 30.7 Å². The lowest BCUT2D eigenvalue weighted by molar-refractivity contribution is -0.124. The number of rotatable bonds is 4. The molecule has 1 fully saturated rings. The normalized spacial score (nSPS) is 16.3. The van der Waals surface area contributed by atoms with Gasteiger partial charge in [0.15, 0.2) is 0 Å². The van der Waals surface area contributed by atoms with E-state index in [1.54, 1.807) is 23.2 Å². The number of anilines is 1. The van der Waals surface area contributed by atoms with Gasteiger partial charge in [0.25, 0.3) is 5.91 Å². The molecule has 3 aromatic rings. The number of piperazine rings is 1. The molecule has 1 aliphatic rings. The standard InChI is InChI=1S/C22H21N5O2/c23-20-12-24-11-19(26-20)16-6-8-17(9-7-16)22(29)27-13-18(25-21(28)14-27)10-15-4-2-1-3-5-15/h1-9,11-12,18H,10,13-14H2,(H2,23,26)(H,25,28)/t18-/m0/s1. The Hall–Kier alpha value is -3.74. The monoisotopic (exact) mass is 387 g/mol. The highest BCUT2D eigenvalue weighted by atomic mass is 16.2. The van der Waals surface area contributed by atoms with Crippen molar-refractivity contribution in [3.05, 3.63) is 78.1 Å². The van der Waals surface area contributed by atoms with Crippen molar-refractivity contribution in [2.24, 2.45) is 0 Å². The van der Waals surface area contributed by atoms with Gasteiger partial charge in [0.2, 0.25) is 5.91 Å². The van der Waals surface area contributed by atoms with Gasteiger partial charge in [-0.05, 0) is 24.1 Å². The lowest BCUT2D eigenvalue weighted by Crippen LogP contribution is -2.56. The minimum absolute atomic E-state index is 0.0621. The smallest absolute Gasteiger partial charge is 0.254 e. The number of nitrogens with zero attached hydrogens (tertiary/aromatic N) is 3. The fraction of sp³-hybridized carbons (Fsp3) is 0.182. The molecule has 0 unspecified atom stereocenters. The van der Waals surface area contributed by atoms with Gasteiger partial charge in [-0.15, -0.1) is 0 Å². The van der Waals surface area contributed by atoms with Crippen molar-refractivity contribution in [2.45, 2.75) is 12.5 Å². The van der Waals surface area contributed by atoms with Crippen LogP contribution in [0, 0.1) is 0 Å². The van der Waals surface area contributed by atoms with Crippen LogP contribution < -0.4 is 11.1 Å². The van der Waals surface area contributed by atoms with Crippen molar-refractivity contribution in [2.75, 3.05) is 18.8 Å². The van der Waals surface area contributed by atoms with E-state index in [9.17, 15) is 9.59 Å². The summed E-state index contributed by atoms with van der Waals surface area (Å²) in [7, 11) is 0. The molecule has 3 N–H and O–H groups in total. The number of hydrogen-bond acceptors (Lipinski definition) is 5. The molecule has 29 heavy (non-hydrogen) atoms. The summed E-state index contributed by atoms with van der Waals surface area (Å²) in [6, 6.07) is 16.9. The van der Waals surface area contributed by atoms with E-state index in [0.717, 1.165) is 11.1 Å². The van der Waals surface area contributed by atoms with Crippen LogP contribution in [-0.2, 0) is 11.2 Å². The van der Waals surface area contributed by atoms with E-state index in [0.29, 0.717) is 30.0 Å². The Balaban J connectivity index is 1.47. The Bertz CT molecular complexity index is 1020. The number of amides is 2. The van der Waals surface area contributed by atoms with E-state index < -0.39 is 0 Å². The van der Waals surface area contributed by atoms with Crippen molar-refractivity contribution in [1.82, 2.24) is 20.2 Å². The zero-order valence-electron chi connectivity index (χ0n) is 15.8. The molecular weight excluding hydrogens is 366 g/mol. The van der Waals surface area contributed by atoms with Gasteiger partial charge in [0.1, 0.15) is 5.82 Å². The molecule has 0 spiro atoms. The van der Waals surface area contributed by atoms with E-state index in [1.165, 1.54) is 6.20 Å². The predicted molar refractivity (Wildman–Crippen MR) is 110 cm³/mol. The second-order valence-corrected chi connectivity index (χ2v) is 7.05. The molecule has 2 amide bonds. The lowest BCUT2D eigenvalue weighted by atomic mass is 10.0. The number of carbonyl (C=O) groups excluding carboxylic acids is 2. The molecule has 1 aromatic heterocycles. The number of carbonyl (C=O) groups is 2. The van der Waals surface area contributed by atoms with Gasteiger partial charge in [-0.1, -0.05) is 42.5 Å². The molecule has 7 nitrogen and oxygen atoms in total. The predicted octanol–water partition coefficient (Wildman–Crippen LogP) is 1.91. The quantitative estimate of drug-likeness (QED) is 0.712.